The van der Waals surface area contributed by atoms with Crippen molar-refractivity contribution in [3.05, 3.63) is 35.3 Å². The molecule has 0 unspecified atom stereocenters. The fourth-order valence-corrected chi connectivity index (χ4v) is 2.60. The SMILES string of the molecule is CC(C)Nc1ncc(-c2cccs2)cc1C(C)C. The van der Waals surface area contributed by atoms with Gasteiger partial charge in [-0.3, -0.25) is 0 Å². The number of pyridine rings is 1. The minimum Gasteiger partial charge on any atom is -0.368 e. The Morgan fingerprint density at radius 2 is 2.00 bits per heavy atom. The van der Waals surface area contributed by atoms with Gasteiger partial charge in [0.05, 0.1) is 0 Å². The predicted molar refractivity (Wildman–Crippen MR) is 80.4 cm³/mol. The van der Waals surface area contributed by atoms with Crippen molar-refractivity contribution < 1.29 is 0 Å². The summed E-state index contributed by atoms with van der Waals surface area (Å²) in [7, 11) is 0. The maximum atomic E-state index is 4.59. The molecule has 2 aromatic heterocycles. The summed E-state index contributed by atoms with van der Waals surface area (Å²) < 4.78 is 0. The molecule has 0 aromatic carbocycles. The second kappa shape index (κ2) is 5.53. The molecule has 0 saturated carbocycles. The normalized spacial score (nSPS) is 11.2. The molecule has 96 valence electrons. The van der Waals surface area contributed by atoms with Gasteiger partial charge >= 0.3 is 0 Å². The van der Waals surface area contributed by atoms with Crippen LogP contribution in [-0.4, -0.2) is 11.0 Å². The van der Waals surface area contributed by atoms with Gasteiger partial charge < -0.3 is 5.32 Å². The Hall–Kier alpha value is -1.35. The van der Waals surface area contributed by atoms with Crippen molar-refractivity contribution in [1.82, 2.24) is 4.98 Å². The van der Waals surface area contributed by atoms with Gasteiger partial charge in [0.1, 0.15) is 5.82 Å². The number of thiophene rings is 1. The summed E-state index contributed by atoms with van der Waals surface area (Å²) in [6, 6.07) is 6.88. The molecule has 2 nitrogen and oxygen atoms in total. The minimum atomic E-state index is 0.405. The summed E-state index contributed by atoms with van der Waals surface area (Å²) >= 11 is 1.76. The summed E-state index contributed by atoms with van der Waals surface area (Å²) in [5.41, 5.74) is 2.50. The molecule has 0 aliphatic carbocycles. The van der Waals surface area contributed by atoms with E-state index in [1.165, 1.54) is 16.0 Å². The van der Waals surface area contributed by atoms with Gasteiger partial charge in [-0.1, -0.05) is 19.9 Å². The maximum Gasteiger partial charge on any atom is 0.129 e. The van der Waals surface area contributed by atoms with Crippen molar-refractivity contribution in [2.75, 3.05) is 5.32 Å². The van der Waals surface area contributed by atoms with Gasteiger partial charge in [0.15, 0.2) is 0 Å². The van der Waals surface area contributed by atoms with E-state index in [1.807, 2.05) is 6.20 Å². The predicted octanol–water partition coefficient (Wildman–Crippen LogP) is 4.75. The van der Waals surface area contributed by atoms with Gasteiger partial charge in [-0.05, 0) is 42.8 Å². The van der Waals surface area contributed by atoms with Crippen LogP contribution in [0.5, 0.6) is 0 Å². The lowest BCUT2D eigenvalue weighted by Crippen LogP contribution is -2.13. The third-order valence-corrected chi connectivity index (χ3v) is 3.69. The van der Waals surface area contributed by atoms with Crippen LogP contribution in [0.15, 0.2) is 29.8 Å². The topological polar surface area (TPSA) is 24.9 Å². The van der Waals surface area contributed by atoms with Crippen molar-refractivity contribution in [1.29, 1.82) is 0 Å². The van der Waals surface area contributed by atoms with Crippen molar-refractivity contribution >= 4 is 17.2 Å². The van der Waals surface area contributed by atoms with Crippen LogP contribution in [0.1, 0.15) is 39.2 Å². The molecule has 18 heavy (non-hydrogen) atoms. The molecule has 1 N–H and O–H groups in total. The second-order valence-electron chi connectivity index (χ2n) is 5.09. The van der Waals surface area contributed by atoms with Crippen LogP contribution in [0.4, 0.5) is 5.82 Å². The van der Waals surface area contributed by atoms with E-state index in [-0.39, 0.29) is 0 Å². The van der Waals surface area contributed by atoms with Gasteiger partial charge in [0, 0.05) is 22.7 Å². The lowest BCUT2D eigenvalue weighted by Gasteiger charge is -2.16. The van der Waals surface area contributed by atoms with E-state index in [4.69, 9.17) is 0 Å². The highest BCUT2D eigenvalue weighted by Gasteiger charge is 2.11. The monoisotopic (exact) mass is 260 g/mol. The number of nitrogens with one attached hydrogen (secondary N) is 1. The van der Waals surface area contributed by atoms with Crippen LogP contribution in [0.3, 0.4) is 0 Å². The van der Waals surface area contributed by atoms with Crippen LogP contribution in [0, 0.1) is 0 Å². The van der Waals surface area contributed by atoms with Gasteiger partial charge in [-0.25, -0.2) is 4.98 Å². The van der Waals surface area contributed by atoms with Crippen molar-refractivity contribution in [3.8, 4) is 10.4 Å². The van der Waals surface area contributed by atoms with Crippen LogP contribution in [0.2, 0.25) is 0 Å². The zero-order valence-corrected chi connectivity index (χ0v) is 12.2. The van der Waals surface area contributed by atoms with E-state index in [0.29, 0.717) is 12.0 Å². The first kappa shape index (κ1) is 13.1. The van der Waals surface area contributed by atoms with E-state index in [9.17, 15) is 0 Å². The number of nitrogens with zero attached hydrogens (tertiary/aromatic N) is 1. The molecule has 0 saturated heterocycles. The Labute approximate surface area is 113 Å². The molecule has 0 radical (unpaired) electrons. The van der Waals surface area contributed by atoms with E-state index in [1.54, 1.807) is 11.3 Å². The Morgan fingerprint density at radius 3 is 2.56 bits per heavy atom. The fourth-order valence-electron chi connectivity index (χ4n) is 1.89. The molecular weight excluding hydrogens is 240 g/mol. The van der Waals surface area contributed by atoms with Crippen molar-refractivity contribution in [2.45, 2.75) is 39.7 Å². The average Bonchev–Trinajstić information content (AvgIpc) is 2.82. The molecule has 0 aliphatic rings. The number of hydrogen-bond acceptors (Lipinski definition) is 3. The zero-order chi connectivity index (χ0) is 13.1. The lowest BCUT2D eigenvalue weighted by molar-refractivity contribution is 0.835. The standard InChI is InChI=1S/C15H20N2S/c1-10(2)13-8-12(14-6-5-7-18-14)9-16-15(13)17-11(3)4/h5-11H,1-4H3,(H,16,17). The van der Waals surface area contributed by atoms with Crippen molar-refractivity contribution in [3.63, 3.8) is 0 Å². The van der Waals surface area contributed by atoms with Crippen LogP contribution in [0.25, 0.3) is 10.4 Å². The molecule has 2 aromatic rings. The van der Waals surface area contributed by atoms with Crippen LogP contribution < -0.4 is 5.32 Å². The molecule has 0 aliphatic heterocycles. The summed E-state index contributed by atoms with van der Waals surface area (Å²) in [5.74, 6) is 1.49. The third kappa shape index (κ3) is 2.91. The first-order valence-corrected chi connectivity index (χ1v) is 7.26. The molecule has 0 fully saturated rings. The first-order chi connectivity index (χ1) is 8.58. The molecule has 0 spiro atoms. The molecule has 0 bridgehead atoms. The third-order valence-electron chi connectivity index (χ3n) is 2.77. The number of rotatable bonds is 4. The van der Waals surface area contributed by atoms with Gasteiger partial charge in [0.25, 0.3) is 0 Å². The van der Waals surface area contributed by atoms with Crippen LogP contribution >= 0.6 is 11.3 Å². The fraction of sp³-hybridized carbons (Fsp3) is 0.400. The summed E-state index contributed by atoms with van der Waals surface area (Å²) in [6.07, 6.45) is 1.96. The highest BCUT2D eigenvalue weighted by atomic mass is 32.1. The minimum absolute atomic E-state index is 0.405. The summed E-state index contributed by atoms with van der Waals surface area (Å²) in [5, 5.41) is 5.52. The molecule has 0 atom stereocenters. The molecular formula is C15H20N2S. The Morgan fingerprint density at radius 1 is 1.22 bits per heavy atom. The molecule has 2 heterocycles. The quantitative estimate of drug-likeness (QED) is 0.857. The smallest absolute Gasteiger partial charge is 0.129 e. The van der Waals surface area contributed by atoms with Crippen molar-refractivity contribution in [2.24, 2.45) is 0 Å². The van der Waals surface area contributed by atoms with Crippen LogP contribution in [-0.2, 0) is 0 Å². The Bertz CT molecular complexity index is 501. The van der Waals surface area contributed by atoms with E-state index in [2.05, 4.69) is 61.6 Å². The number of hydrogen-bond donors (Lipinski definition) is 1. The Balaban J connectivity index is 2.40. The first-order valence-electron chi connectivity index (χ1n) is 6.38. The lowest BCUT2D eigenvalue weighted by atomic mass is 10.0. The second-order valence-corrected chi connectivity index (χ2v) is 6.04. The summed E-state index contributed by atoms with van der Waals surface area (Å²) in [6.45, 7) is 8.69. The van der Waals surface area contributed by atoms with E-state index in [0.717, 1.165) is 5.82 Å². The highest BCUT2D eigenvalue weighted by molar-refractivity contribution is 7.13. The Kier molecular flexibility index (Phi) is 4.02. The van der Waals surface area contributed by atoms with Gasteiger partial charge in [-0.15, -0.1) is 11.3 Å². The maximum absolute atomic E-state index is 4.59. The number of aromatic nitrogens is 1. The highest BCUT2D eigenvalue weighted by Crippen LogP contribution is 2.30. The average molecular weight is 260 g/mol. The van der Waals surface area contributed by atoms with Gasteiger partial charge in [0.2, 0.25) is 0 Å². The molecule has 2 rings (SSSR count). The number of anilines is 1. The van der Waals surface area contributed by atoms with Gasteiger partial charge in [-0.2, -0.15) is 0 Å². The summed E-state index contributed by atoms with van der Waals surface area (Å²) in [4.78, 5) is 5.87. The largest absolute Gasteiger partial charge is 0.368 e. The van der Waals surface area contributed by atoms with E-state index < -0.39 is 0 Å². The zero-order valence-electron chi connectivity index (χ0n) is 11.4. The van der Waals surface area contributed by atoms with E-state index >= 15 is 0 Å². The molecule has 0 amide bonds. The molecule has 3 heteroatoms.